The molecule has 0 radical (unpaired) electrons. The summed E-state index contributed by atoms with van der Waals surface area (Å²) in [4.78, 5) is 12.3. The first kappa shape index (κ1) is 15.5. The maximum atomic E-state index is 12.3. The fraction of sp³-hybridized carbons (Fsp3) is 0.133. The van der Waals surface area contributed by atoms with E-state index in [-0.39, 0.29) is 5.91 Å². The lowest BCUT2D eigenvalue weighted by molar-refractivity contribution is 0.102. The third-order valence-corrected chi connectivity index (χ3v) is 3.39. The fourth-order valence-corrected chi connectivity index (χ4v) is 2.11. The Labute approximate surface area is 132 Å². The summed E-state index contributed by atoms with van der Waals surface area (Å²) in [5, 5.41) is 3.59. The summed E-state index contributed by atoms with van der Waals surface area (Å²) in [5.41, 5.74) is 0.807. The van der Waals surface area contributed by atoms with Crippen LogP contribution in [0, 0.1) is 0 Å². The van der Waals surface area contributed by atoms with Gasteiger partial charge in [0.1, 0.15) is 11.5 Å². The minimum Gasteiger partial charge on any atom is -0.497 e. The van der Waals surface area contributed by atoms with Gasteiger partial charge >= 0.3 is 0 Å². The number of nitrogens with one attached hydrogen (secondary N) is 1. The third kappa shape index (κ3) is 3.60. The maximum absolute atomic E-state index is 12.3. The van der Waals surface area contributed by atoms with Gasteiger partial charge in [-0.2, -0.15) is 0 Å². The molecule has 2 rings (SSSR count). The lowest BCUT2D eigenvalue weighted by Gasteiger charge is -2.11. The van der Waals surface area contributed by atoms with Gasteiger partial charge in [0, 0.05) is 11.1 Å². The van der Waals surface area contributed by atoms with E-state index in [0.29, 0.717) is 32.8 Å². The van der Waals surface area contributed by atoms with E-state index in [1.54, 1.807) is 43.5 Å². The molecule has 0 aliphatic rings. The van der Waals surface area contributed by atoms with Gasteiger partial charge in [0.15, 0.2) is 0 Å². The van der Waals surface area contributed by atoms with Gasteiger partial charge in [-0.25, -0.2) is 0 Å². The van der Waals surface area contributed by atoms with E-state index < -0.39 is 0 Å². The molecule has 4 nitrogen and oxygen atoms in total. The first-order valence-electron chi connectivity index (χ1n) is 6.03. The van der Waals surface area contributed by atoms with Crippen LogP contribution in [0.3, 0.4) is 0 Å². The Morgan fingerprint density at radius 3 is 2.48 bits per heavy atom. The van der Waals surface area contributed by atoms with Crippen molar-refractivity contribution >= 4 is 34.8 Å². The molecule has 2 aromatic carbocycles. The van der Waals surface area contributed by atoms with E-state index in [1.807, 2.05) is 0 Å². The molecule has 110 valence electrons. The topological polar surface area (TPSA) is 47.6 Å². The maximum Gasteiger partial charge on any atom is 0.259 e. The Hall–Kier alpha value is -1.91. The van der Waals surface area contributed by atoms with Crippen molar-refractivity contribution in [2.24, 2.45) is 0 Å². The predicted octanol–water partition coefficient (Wildman–Crippen LogP) is 4.26. The highest BCUT2D eigenvalue weighted by Gasteiger charge is 2.15. The number of carbonyl (C=O) groups is 1. The van der Waals surface area contributed by atoms with Gasteiger partial charge in [0.25, 0.3) is 5.91 Å². The summed E-state index contributed by atoms with van der Waals surface area (Å²) in [7, 11) is 3.03. The number of anilines is 1. The second kappa shape index (κ2) is 6.70. The highest BCUT2D eigenvalue weighted by atomic mass is 35.5. The molecule has 0 bridgehead atoms. The SMILES string of the molecule is COc1ccc(C(=O)Nc2cc(Cl)ccc2Cl)c(OC)c1. The molecule has 0 aromatic heterocycles. The van der Waals surface area contributed by atoms with E-state index in [9.17, 15) is 4.79 Å². The molecule has 0 aliphatic heterocycles. The molecular formula is C15H13Cl2NO3. The van der Waals surface area contributed by atoms with Gasteiger partial charge in [0.05, 0.1) is 30.5 Å². The summed E-state index contributed by atoms with van der Waals surface area (Å²) in [6.07, 6.45) is 0. The highest BCUT2D eigenvalue weighted by molar-refractivity contribution is 6.35. The summed E-state index contributed by atoms with van der Waals surface area (Å²) in [5.74, 6) is 0.660. The second-order valence-corrected chi connectivity index (χ2v) is 4.99. The Morgan fingerprint density at radius 2 is 1.81 bits per heavy atom. The summed E-state index contributed by atoms with van der Waals surface area (Å²) < 4.78 is 10.3. The quantitative estimate of drug-likeness (QED) is 0.913. The minimum atomic E-state index is -0.348. The minimum absolute atomic E-state index is 0.348. The molecule has 0 atom stereocenters. The third-order valence-electron chi connectivity index (χ3n) is 2.83. The standard InChI is InChI=1S/C15H13Cl2NO3/c1-20-10-4-5-11(14(8-10)21-2)15(19)18-13-7-9(16)3-6-12(13)17/h3-8H,1-2H3,(H,18,19). The van der Waals surface area contributed by atoms with Crippen LogP contribution in [0.5, 0.6) is 11.5 Å². The van der Waals surface area contributed by atoms with Gasteiger partial charge < -0.3 is 14.8 Å². The van der Waals surface area contributed by atoms with Crippen molar-refractivity contribution in [2.45, 2.75) is 0 Å². The number of methoxy groups -OCH3 is 2. The average molecular weight is 326 g/mol. The van der Waals surface area contributed by atoms with Crippen LogP contribution in [0.4, 0.5) is 5.69 Å². The number of rotatable bonds is 4. The van der Waals surface area contributed by atoms with Crippen molar-refractivity contribution in [1.82, 2.24) is 0 Å². The smallest absolute Gasteiger partial charge is 0.259 e. The van der Waals surface area contributed by atoms with Crippen LogP contribution in [0.2, 0.25) is 10.0 Å². The van der Waals surface area contributed by atoms with Crippen LogP contribution in [-0.2, 0) is 0 Å². The molecule has 0 aliphatic carbocycles. The van der Waals surface area contributed by atoms with Crippen molar-refractivity contribution in [3.63, 3.8) is 0 Å². The first-order valence-corrected chi connectivity index (χ1v) is 6.79. The van der Waals surface area contributed by atoms with Crippen LogP contribution < -0.4 is 14.8 Å². The molecule has 0 fully saturated rings. The van der Waals surface area contributed by atoms with Crippen LogP contribution in [-0.4, -0.2) is 20.1 Å². The number of amides is 1. The normalized spacial score (nSPS) is 10.1. The molecule has 0 spiro atoms. The molecule has 0 saturated carbocycles. The Morgan fingerprint density at radius 1 is 1.05 bits per heavy atom. The Kier molecular flexibility index (Phi) is 4.94. The number of ether oxygens (including phenoxy) is 2. The molecule has 6 heteroatoms. The van der Waals surface area contributed by atoms with Gasteiger partial charge in [-0.05, 0) is 30.3 Å². The Bertz CT molecular complexity index is 674. The number of hydrogen-bond donors (Lipinski definition) is 1. The molecule has 0 saturated heterocycles. The zero-order valence-electron chi connectivity index (χ0n) is 11.4. The van der Waals surface area contributed by atoms with E-state index in [0.717, 1.165) is 0 Å². The number of benzene rings is 2. The average Bonchev–Trinajstić information content (AvgIpc) is 2.50. The zero-order chi connectivity index (χ0) is 15.4. The molecule has 1 amide bonds. The second-order valence-electron chi connectivity index (χ2n) is 4.14. The monoisotopic (exact) mass is 325 g/mol. The van der Waals surface area contributed by atoms with Crippen molar-refractivity contribution < 1.29 is 14.3 Å². The van der Waals surface area contributed by atoms with Crippen LogP contribution in [0.1, 0.15) is 10.4 Å². The number of halogens is 2. The van der Waals surface area contributed by atoms with Gasteiger partial charge in [0.2, 0.25) is 0 Å². The summed E-state index contributed by atoms with van der Waals surface area (Å²) in [6, 6.07) is 9.77. The summed E-state index contributed by atoms with van der Waals surface area (Å²) in [6.45, 7) is 0. The van der Waals surface area contributed by atoms with Crippen LogP contribution in [0.15, 0.2) is 36.4 Å². The molecule has 21 heavy (non-hydrogen) atoms. The van der Waals surface area contributed by atoms with Crippen molar-refractivity contribution in [3.05, 3.63) is 52.0 Å². The van der Waals surface area contributed by atoms with Gasteiger partial charge in [-0.3, -0.25) is 4.79 Å². The molecule has 0 unspecified atom stereocenters. The largest absolute Gasteiger partial charge is 0.497 e. The molecule has 2 aromatic rings. The number of carbonyl (C=O) groups excluding carboxylic acids is 1. The predicted molar refractivity (Wildman–Crippen MR) is 84.0 cm³/mol. The Balaban J connectivity index is 2.30. The van der Waals surface area contributed by atoms with Crippen molar-refractivity contribution in [1.29, 1.82) is 0 Å². The van der Waals surface area contributed by atoms with E-state index >= 15 is 0 Å². The molecule has 0 heterocycles. The van der Waals surface area contributed by atoms with Gasteiger partial charge in [-0.1, -0.05) is 23.2 Å². The number of hydrogen-bond acceptors (Lipinski definition) is 3. The highest BCUT2D eigenvalue weighted by Crippen LogP contribution is 2.28. The van der Waals surface area contributed by atoms with Crippen LogP contribution >= 0.6 is 23.2 Å². The lowest BCUT2D eigenvalue weighted by Crippen LogP contribution is -2.13. The van der Waals surface area contributed by atoms with Crippen molar-refractivity contribution in [2.75, 3.05) is 19.5 Å². The molecular weight excluding hydrogens is 313 g/mol. The summed E-state index contributed by atoms with van der Waals surface area (Å²) >= 11 is 11.9. The van der Waals surface area contributed by atoms with E-state index in [2.05, 4.69) is 5.32 Å². The lowest BCUT2D eigenvalue weighted by atomic mass is 10.1. The van der Waals surface area contributed by atoms with E-state index in [1.165, 1.54) is 7.11 Å². The van der Waals surface area contributed by atoms with Crippen molar-refractivity contribution in [3.8, 4) is 11.5 Å². The fourth-order valence-electron chi connectivity index (χ4n) is 1.77. The zero-order valence-corrected chi connectivity index (χ0v) is 13.0. The van der Waals surface area contributed by atoms with E-state index in [4.69, 9.17) is 32.7 Å². The van der Waals surface area contributed by atoms with Crippen LogP contribution in [0.25, 0.3) is 0 Å². The first-order chi connectivity index (χ1) is 10.0. The van der Waals surface area contributed by atoms with Gasteiger partial charge in [-0.15, -0.1) is 0 Å². The molecule has 1 N–H and O–H groups in total.